The van der Waals surface area contributed by atoms with E-state index < -0.39 is 0 Å². The maximum Gasteiger partial charge on any atom is 0.184 e. The van der Waals surface area contributed by atoms with E-state index in [9.17, 15) is 0 Å². The molecular weight excluding hydrogens is 278 g/mol. The van der Waals surface area contributed by atoms with E-state index in [0.29, 0.717) is 12.5 Å². The van der Waals surface area contributed by atoms with Gasteiger partial charge < -0.3 is 4.74 Å². The molecule has 1 N–H and O–H groups in total. The van der Waals surface area contributed by atoms with Crippen molar-refractivity contribution in [3.05, 3.63) is 48.0 Å². The number of H-pyrrole nitrogens is 1. The molecule has 1 aliphatic carbocycles. The molecule has 2 heterocycles. The molecule has 0 saturated heterocycles. The number of methoxy groups -OCH3 is 1. The Hall–Kier alpha value is -2.63. The van der Waals surface area contributed by atoms with Crippen LogP contribution in [-0.2, 0) is 6.54 Å². The lowest BCUT2D eigenvalue weighted by Crippen LogP contribution is -1.99. The Morgan fingerprint density at radius 3 is 2.82 bits per heavy atom. The molecule has 3 aromatic rings. The third-order valence-electron chi connectivity index (χ3n) is 3.86. The minimum Gasteiger partial charge on any atom is -0.497 e. The molecule has 0 radical (unpaired) electrons. The zero-order chi connectivity index (χ0) is 14.9. The summed E-state index contributed by atoms with van der Waals surface area (Å²) >= 11 is 0. The van der Waals surface area contributed by atoms with Crippen LogP contribution in [0.3, 0.4) is 0 Å². The molecule has 1 aliphatic rings. The SMILES string of the molecule is COc1ccc(Cn2cc(-c3n[nH]c(C4CC4)n3)cn2)cc1. The van der Waals surface area contributed by atoms with Gasteiger partial charge in [0.25, 0.3) is 0 Å². The first-order chi connectivity index (χ1) is 10.8. The van der Waals surface area contributed by atoms with Gasteiger partial charge in [-0.25, -0.2) is 4.98 Å². The van der Waals surface area contributed by atoms with Crippen LogP contribution in [0, 0.1) is 0 Å². The fraction of sp³-hybridized carbons (Fsp3) is 0.312. The van der Waals surface area contributed by atoms with Gasteiger partial charge in [-0.05, 0) is 30.5 Å². The summed E-state index contributed by atoms with van der Waals surface area (Å²) in [7, 11) is 1.67. The van der Waals surface area contributed by atoms with Crippen molar-refractivity contribution in [3.8, 4) is 17.1 Å². The lowest BCUT2D eigenvalue weighted by molar-refractivity contribution is 0.414. The van der Waals surface area contributed by atoms with Crippen LogP contribution < -0.4 is 4.74 Å². The quantitative estimate of drug-likeness (QED) is 0.785. The van der Waals surface area contributed by atoms with Crippen LogP contribution in [0.1, 0.15) is 30.1 Å². The van der Waals surface area contributed by atoms with E-state index in [1.165, 1.54) is 18.4 Å². The predicted molar refractivity (Wildman–Crippen MR) is 81.7 cm³/mol. The summed E-state index contributed by atoms with van der Waals surface area (Å²) in [5.41, 5.74) is 2.11. The largest absolute Gasteiger partial charge is 0.497 e. The molecule has 1 saturated carbocycles. The van der Waals surface area contributed by atoms with Crippen molar-refractivity contribution in [2.24, 2.45) is 0 Å². The van der Waals surface area contributed by atoms with E-state index in [2.05, 4.69) is 20.3 Å². The van der Waals surface area contributed by atoms with Crippen molar-refractivity contribution in [3.63, 3.8) is 0 Å². The average molecular weight is 295 g/mol. The number of benzene rings is 1. The van der Waals surface area contributed by atoms with Crippen LogP contribution in [-0.4, -0.2) is 32.1 Å². The maximum absolute atomic E-state index is 5.17. The zero-order valence-electron chi connectivity index (χ0n) is 12.4. The summed E-state index contributed by atoms with van der Waals surface area (Å²) in [6.07, 6.45) is 6.21. The van der Waals surface area contributed by atoms with Gasteiger partial charge >= 0.3 is 0 Å². The van der Waals surface area contributed by atoms with Gasteiger partial charge in [-0.1, -0.05) is 12.1 Å². The van der Waals surface area contributed by atoms with E-state index in [1.54, 1.807) is 7.11 Å². The molecule has 2 aromatic heterocycles. The van der Waals surface area contributed by atoms with E-state index in [0.717, 1.165) is 23.0 Å². The molecule has 0 aliphatic heterocycles. The standard InChI is InChI=1S/C16H17N5O/c1-22-14-6-2-11(3-7-14)9-21-10-13(8-17-21)16-18-15(19-20-16)12-4-5-12/h2-3,6-8,10,12H,4-5,9H2,1H3,(H,18,19,20). The Labute approximate surface area is 128 Å². The highest BCUT2D eigenvalue weighted by Crippen LogP contribution is 2.38. The highest BCUT2D eigenvalue weighted by atomic mass is 16.5. The Bertz CT molecular complexity index is 770. The number of aromatic nitrogens is 5. The van der Waals surface area contributed by atoms with Crippen LogP contribution in [0.25, 0.3) is 11.4 Å². The van der Waals surface area contributed by atoms with Gasteiger partial charge in [-0.2, -0.15) is 10.2 Å². The van der Waals surface area contributed by atoms with Gasteiger partial charge in [0.1, 0.15) is 11.6 Å². The van der Waals surface area contributed by atoms with Gasteiger partial charge in [-0.3, -0.25) is 9.78 Å². The number of hydrogen-bond donors (Lipinski definition) is 1. The summed E-state index contributed by atoms with van der Waals surface area (Å²) in [6, 6.07) is 7.99. The van der Waals surface area contributed by atoms with Crippen molar-refractivity contribution >= 4 is 0 Å². The second-order valence-electron chi connectivity index (χ2n) is 5.59. The van der Waals surface area contributed by atoms with Gasteiger partial charge in [0.05, 0.1) is 25.4 Å². The highest BCUT2D eigenvalue weighted by molar-refractivity contribution is 5.51. The zero-order valence-corrected chi connectivity index (χ0v) is 12.4. The number of nitrogens with one attached hydrogen (secondary N) is 1. The second-order valence-corrected chi connectivity index (χ2v) is 5.59. The molecule has 0 atom stereocenters. The average Bonchev–Trinajstić information content (AvgIpc) is 3.10. The highest BCUT2D eigenvalue weighted by Gasteiger charge is 2.27. The minimum absolute atomic E-state index is 0.579. The van der Waals surface area contributed by atoms with Crippen molar-refractivity contribution in [2.45, 2.75) is 25.3 Å². The third-order valence-corrected chi connectivity index (χ3v) is 3.86. The molecular formula is C16H17N5O. The smallest absolute Gasteiger partial charge is 0.184 e. The molecule has 22 heavy (non-hydrogen) atoms. The molecule has 1 fully saturated rings. The number of nitrogens with zero attached hydrogens (tertiary/aromatic N) is 4. The lowest BCUT2D eigenvalue weighted by atomic mass is 10.2. The fourth-order valence-electron chi connectivity index (χ4n) is 2.43. The van der Waals surface area contributed by atoms with Crippen molar-refractivity contribution in [2.75, 3.05) is 7.11 Å². The summed E-state index contributed by atoms with van der Waals surface area (Å²) in [4.78, 5) is 4.55. The molecule has 6 nitrogen and oxygen atoms in total. The van der Waals surface area contributed by atoms with Crippen LogP contribution in [0.4, 0.5) is 0 Å². The van der Waals surface area contributed by atoms with Crippen LogP contribution in [0.2, 0.25) is 0 Å². The summed E-state index contributed by atoms with van der Waals surface area (Å²) < 4.78 is 7.06. The second kappa shape index (κ2) is 5.29. The van der Waals surface area contributed by atoms with E-state index in [-0.39, 0.29) is 0 Å². The summed E-state index contributed by atoms with van der Waals surface area (Å²) in [6.45, 7) is 0.712. The van der Waals surface area contributed by atoms with Gasteiger partial charge in [0.15, 0.2) is 5.82 Å². The van der Waals surface area contributed by atoms with Crippen LogP contribution in [0.5, 0.6) is 5.75 Å². The van der Waals surface area contributed by atoms with E-state index >= 15 is 0 Å². The number of ether oxygens (including phenoxy) is 1. The number of rotatable bonds is 5. The van der Waals surface area contributed by atoms with E-state index in [1.807, 2.05) is 41.3 Å². The third kappa shape index (κ3) is 2.59. The monoisotopic (exact) mass is 295 g/mol. The topological polar surface area (TPSA) is 68.6 Å². The minimum atomic E-state index is 0.579. The van der Waals surface area contributed by atoms with Gasteiger partial charge in [0.2, 0.25) is 0 Å². The first-order valence-electron chi connectivity index (χ1n) is 7.40. The molecule has 112 valence electrons. The van der Waals surface area contributed by atoms with Crippen molar-refractivity contribution in [1.29, 1.82) is 0 Å². The first kappa shape index (κ1) is 13.1. The number of hydrogen-bond acceptors (Lipinski definition) is 4. The van der Waals surface area contributed by atoms with Gasteiger partial charge in [-0.15, -0.1) is 0 Å². The Balaban J connectivity index is 1.49. The Morgan fingerprint density at radius 2 is 2.09 bits per heavy atom. The molecule has 1 aromatic carbocycles. The maximum atomic E-state index is 5.17. The molecule has 0 spiro atoms. The molecule has 0 amide bonds. The molecule has 0 bridgehead atoms. The number of aromatic amines is 1. The summed E-state index contributed by atoms with van der Waals surface area (Å²) in [5, 5.41) is 11.7. The fourth-order valence-corrected chi connectivity index (χ4v) is 2.43. The van der Waals surface area contributed by atoms with Crippen LogP contribution >= 0.6 is 0 Å². The normalized spacial score (nSPS) is 14.2. The molecule has 4 rings (SSSR count). The Kier molecular flexibility index (Phi) is 3.14. The lowest BCUT2D eigenvalue weighted by Gasteiger charge is -2.03. The van der Waals surface area contributed by atoms with Crippen molar-refractivity contribution < 1.29 is 4.74 Å². The Morgan fingerprint density at radius 1 is 1.27 bits per heavy atom. The van der Waals surface area contributed by atoms with E-state index in [4.69, 9.17) is 4.74 Å². The van der Waals surface area contributed by atoms with Crippen molar-refractivity contribution in [1.82, 2.24) is 25.0 Å². The molecule has 0 unspecified atom stereocenters. The summed E-state index contributed by atoms with van der Waals surface area (Å²) in [5.74, 6) is 3.16. The van der Waals surface area contributed by atoms with Crippen LogP contribution in [0.15, 0.2) is 36.7 Å². The predicted octanol–water partition coefficient (Wildman–Crippen LogP) is 2.60. The van der Waals surface area contributed by atoms with Gasteiger partial charge in [0, 0.05) is 12.1 Å². The first-order valence-corrected chi connectivity index (χ1v) is 7.40. The molecule has 6 heteroatoms.